The summed E-state index contributed by atoms with van der Waals surface area (Å²) in [5.41, 5.74) is -1.22. The summed E-state index contributed by atoms with van der Waals surface area (Å²) < 4.78 is 1.45. The minimum atomic E-state index is -1.22. The fourth-order valence-electron chi connectivity index (χ4n) is 0.833. The third kappa shape index (κ3) is 1.39. The SMILES string of the molecule is CC1(C)C(=O)N(Br)C(=O)N(Br)C1=O. The van der Waals surface area contributed by atoms with Gasteiger partial charge < -0.3 is 0 Å². The Labute approximate surface area is 91.7 Å². The van der Waals surface area contributed by atoms with Crippen LogP contribution in [0, 0.1) is 5.41 Å². The predicted molar refractivity (Wildman–Crippen MR) is 50.7 cm³/mol. The molecule has 1 heterocycles. The van der Waals surface area contributed by atoms with Gasteiger partial charge in [-0.1, -0.05) is 0 Å². The van der Waals surface area contributed by atoms with Crippen LogP contribution >= 0.6 is 32.3 Å². The van der Waals surface area contributed by atoms with Gasteiger partial charge >= 0.3 is 6.03 Å². The van der Waals surface area contributed by atoms with E-state index >= 15 is 0 Å². The number of hydrogen-bond acceptors (Lipinski definition) is 3. The Morgan fingerprint density at radius 1 is 1.00 bits per heavy atom. The molecule has 4 amide bonds. The number of halogens is 2. The molecule has 0 radical (unpaired) electrons. The summed E-state index contributed by atoms with van der Waals surface area (Å²) in [6.07, 6.45) is 0. The zero-order valence-corrected chi connectivity index (χ0v) is 10.0. The van der Waals surface area contributed by atoms with Crippen molar-refractivity contribution in [2.45, 2.75) is 13.8 Å². The van der Waals surface area contributed by atoms with Crippen LogP contribution in [0.1, 0.15) is 13.8 Å². The van der Waals surface area contributed by atoms with Crippen molar-refractivity contribution >= 4 is 50.1 Å². The Hall–Kier alpha value is -0.430. The molecule has 5 nitrogen and oxygen atoms in total. The Morgan fingerprint density at radius 2 is 1.31 bits per heavy atom. The number of nitrogens with zero attached hydrogens (tertiary/aromatic N) is 2. The molecule has 0 spiro atoms. The number of rotatable bonds is 0. The molecule has 1 rings (SSSR count). The van der Waals surface area contributed by atoms with Crippen LogP contribution in [0.4, 0.5) is 4.79 Å². The van der Waals surface area contributed by atoms with Crippen LogP contribution in [-0.4, -0.2) is 25.7 Å². The average Bonchev–Trinajstić information content (AvgIpc) is 2.09. The van der Waals surface area contributed by atoms with Gasteiger partial charge in [-0.3, -0.25) is 9.59 Å². The van der Waals surface area contributed by atoms with Gasteiger partial charge in [-0.05, 0) is 13.8 Å². The van der Waals surface area contributed by atoms with Crippen molar-refractivity contribution in [2.24, 2.45) is 5.41 Å². The van der Waals surface area contributed by atoms with E-state index in [4.69, 9.17) is 0 Å². The van der Waals surface area contributed by atoms with Crippen LogP contribution in [0.15, 0.2) is 0 Å². The summed E-state index contributed by atoms with van der Waals surface area (Å²) in [4.78, 5) is 34.0. The fraction of sp³-hybridized carbons (Fsp3) is 0.500. The van der Waals surface area contributed by atoms with Gasteiger partial charge in [0.1, 0.15) is 5.41 Å². The molecule has 0 N–H and O–H groups in total. The zero-order chi connectivity index (χ0) is 10.4. The quantitative estimate of drug-likeness (QED) is 0.502. The second-order valence-electron chi connectivity index (χ2n) is 3.08. The van der Waals surface area contributed by atoms with Crippen LogP contribution in [0.2, 0.25) is 0 Å². The topological polar surface area (TPSA) is 57.7 Å². The van der Waals surface area contributed by atoms with Crippen molar-refractivity contribution < 1.29 is 14.4 Å². The molecule has 0 aromatic carbocycles. The molecule has 72 valence electrons. The highest BCUT2D eigenvalue weighted by Gasteiger charge is 2.50. The molecule has 0 aliphatic carbocycles. The van der Waals surface area contributed by atoms with Crippen molar-refractivity contribution in [3.63, 3.8) is 0 Å². The molecule has 0 aromatic heterocycles. The summed E-state index contributed by atoms with van der Waals surface area (Å²) in [6.45, 7) is 2.90. The van der Waals surface area contributed by atoms with E-state index in [0.717, 1.165) is 7.85 Å². The first-order valence-electron chi connectivity index (χ1n) is 3.34. The lowest BCUT2D eigenvalue weighted by Gasteiger charge is -2.34. The molecule has 0 unspecified atom stereocenters. The van der Waals surface area contributed by atoms with Crippen molar-refractivity contribution in [1.29, 1.82) is 0 Å². The molecule has 0 aromatic rings. The van der Waals surface area contributed by atoms with E-state index in [1.165, 1.54) is 13.8 Å². The molecular weight excluding hydrogens is 308 g/mol. The van der Waals surface area contributed by atoms with Crippen LogP contribution in [0.25, 0.3) is 0 Å². The molecule has 13 heavy (non-hydrogen) atoms. The second kappa shape index (κ2) is 3.06. The lowest BCUT2D eigenvalue weighted by Crippen LogP contribution is -2.56. The van der Waals surface area contributed by atoms with E-state index in [-0.39, 0.29) is 0 Å². The Balaban J connectivity index is 3.15. The Kier molecular flexibility index (Phi) is 2.50. The van der Waals surface area contributed by atoms with E-state index in [1.807, 2.05) is 0 Å². The molecule has 1 aliphatic heterocycles. The zero-order valence-electron chi connectivity index (χ0n) is 6.88. The summed E-state index contributed by atoms with van der Waals surface area (Å²) in [5, 5.41) is 0. The first kappa shape index (κ1) is 10.6. The maximum Gasteiger partial charge on any atom is 0.354 e. The average molecular weight is 314 g/mol. The maximum absolute atomic E-state index is 11.4. The number of urea groups is 1. The standard InChI is InChI=1S/C6H6Br2N2O3/c1-6(2)3(11)9(7)5(13)10(8)4(6)12/h1-2H3. The predicted octanol–water partition coefficient (Wildman–Crippen LogP) is 1.42. The van der Waals surface area contributed by atoms with E-state index < -0.39 is 23.3 Å². The van der Waals surface area contributed by atoms with Gasteiger partial charge in [0, 0.05) is 0 Å². The summed E-state index contributed by atoms with van der Waals surface area (Å²) in [5.74, 6) is -1.14. The number of carbonyl (C=O) groups is 3. The van der Waals surface area contributed by atoms with Gasteiger partial charge in [0.05, 0.1) is 32.3 Å². The highest BCUT2D eigenvalue weighted by Crippen LogP contribution is 2.31. The number of carbonyl (C=O) groups excluding carboxylic acids is 3. The molecule has 0 saturated carbocycles. The van der Waals surface area contributed by atoms with Gasteiger partial charge in [0.25, 0.3) is 11.8 Å². The van der Waals surface area contributed by atoms with Crippen molar-refractivity contribution in [1.82, 2.24) is 7.85 Å². The highest BCUT2D eigenvalue weighted by atomic mass is 79.9. The van der Waals surface area contributed by atoms with Crippen molar-refractivity contribution in [2.75, 3.05) is 0 Å². The maximum atomic E-state index is 11.4. The molecule has 7 heteroatoms. The normalized spacial score (nSPS) is 22.6. The van der Waals surface area contributed by atoms with Gasteiger partial charge in [-0.2, -0.15) is 7.85 Å². The van der Waals surface area contributed by atoms with E-state index in [9.17, 15) is 14.4 Å². The molecule has 0 bridgehead atoms. The summed E-state index contributed by atoms with van der Waals surface area (Å²) >= 11 is 5.55. The Bertz CT molecular complexity index is 276. The van der Waals surface area contributed by atoms with Crippen LogP contribution in [0.3, 0.4) is 0 Å². The number of imide groups is 2. The number of amides is 4. The second-order valence-corrected chi connectivity index (χ2v) is 4.50. The first-order chi connectivity index (χ1) is 5.80. The molecular formula is C6H6Br2N2O3. The van der Waals surface area contributed by atoms with E-state index in [0.29, 0.717) is 0 Å². The lowest BCUT2D eigenvalue weighted by atomic mass is 9.90. The van der Waals surface area contributed by atoms with Crippen LogP contribution < -0.4 is 0 Å². The minimum absolute atomic E-state index is 0.571. The van der Waals surface area contributed by atoms with Crippen molar-refractivity contribution in [3.8, 4) is 0 Å². The third-order valence-corrected chi connectivity index (χ3v) is 3.01. The fourth-order valence-corrected chi connectivity index (χ4v) is 2.25. The van der Waals surface area contributed by atoms with E-state index in [1.54, 1.807) is 0 Å². The smallest absolute Gasteiger partial charge is 0.272 e. The summed E-state index contributed by atoms with van der Waals surface area (Å²) in [6, 6.07) is -0.741. The molecule has 0 atom stereocenters. The largest absolute Gasteiger partial charge is 0.354 e. The van der Waals surface area contributed by atoms with Crippen LogP contribution in [0.5, 0.6) is 0 Å². The van der Waals surface area contributed by atoms with Crippen LogP contribution in [-0.2, 0) is 9.59 Å². The highest BCUT2D eigenvalue weighted by molar-refractivity contribution is 9.08. The molecule has 1 aliphatic rings. The molecule has 1 fully saturated rings. The minimum Gasteiger partial charge on any atom is -0.272 e. The van der Waals surface area contributed by atoms with Gasteiger partial charge in [-0.15, -0.1) is 0 Å². The first-order valence-corrected chi connectivity index (χ1v) is 4.76. The third-order valence-electron chi connectivity index (χ3n) is 1.76. The Morgan fingerprint density at radius 3 is 1.62 bits per heavy atom. The number of hydrogen-bond donors (Lipinski definition) is 0. The monoisotopic (exact) mass is 312 g/mol. The molecule has 1 saturated heterocycles. The summed E-state index contributed by atoms with van der Waals surface area (Å²) in [7, 11) is 0. The lowest BCUT2D eigenvalue weighted by molar-refractivity contribution is -0.148. The van der Waals surface area contributed by atoms with Gasteiger partial charge in [0.2, 0.25) is 0 Å². The van der Waals surface area contributed by atoms with Crippen molar-refractivity contribution in [3.05, 3.63) is 0 Å². The number of barbiturate groups is 1. The van der Waals surface area contributed by atoms with Gasteiger partial charge in [0.15, 0.2) is 0 Å². The van der Waals surface area contributed by atoms with Gasteiger partial charge in [-0.25, -0.2) is 4.79 Å². The van der Waals surface area contributed by atoms with E-state index in [2.05, 4.69) is 32.3 Å².